The normalized spacial score (nSPS) is 11.2. The lowest BCUT2D eigenvalue weighted by Gasteiger charge is -2.08. The van der Waals surface area contributed by atoms with Gasteiger partial charge in [0, 0.05) is 5.69 Å². The molecule has 2 N–H and O–H groups in total. The Kier molecular flexibility index (Phi) is 4.62. The smallest absolute Gasteiger partial charge is 0.337 e. The monoisotopic (exact) mass is 280 g/mol. The third-order valence-corrected chi connectivity index (χ3v) is 2.58. The van der Waals surface area contributed by atoms with Crippen LogP contribution in [-0.2, 0) is 9.59 Å². The molecule has 6 nitrogen and oxygen atoms in total. The second-order valence-electron chi connectivity index (χ2n) is 3.66. The third kappa shape index (κ3) is 3.53. The summed E-state index contributed by atoms with van der Waals surface area (Å²) in [5, 5.41) is 19.7. The number of carboxylic acids is 1. The van der Waals surface area contributed by atoms with Crippen LogP contribution in [0.25, 0.3) is 0 Å². The van der Waals surface area contributed by atoms with Crippen LogP contribution in [0.15, 0.2) is 18.2 Å². The predicted molar refractivity (Wildman–Crippen MR) is 66.8 cm³/mol. The van der Waals surface area contributed by atoms with E-state index >= 15 is 0 Å². The number of amides is 1. The number of hydrogen-bond acceptors (Lipinski definition) is 4. The van der Waals surface area contributed by atoms with Crippen molar-refractivity contribution in [1.29, 1.82) is 5.26 Å². The number of ketones is 1. The predicted octanol–water partition coefficient (Wildman–Crippen LogP) is 1.71. The second-order valence-corrected chi connectivity index (χ2v) is 4.07. The maximum absolute atomic E-state index is 11.6. The van der Waals surface area contributed by atoms with E-state index in [1.165, 1.54) is 18.2 Å². The van der Waals surface area contributed by atoms with Gasteiger partial charge in [0.1, 0.15) is 0 Å². The molecule has 0 aromatic heterocycles. The third-order valence-electron chi connectivity index (χ3n) is 2.26. The van der Waals surface area contributed by atoms with Crippen LogP contribution in [0.4, 0.5) is 5.69 Å². The Balaban J connectivity index is 2.93. The summed E-state index contributed by atoms with van der Waals surface area (Å²) in [5.74, 6) is -3.96. The maximum atomic E-state index is 11.6. The minimum atomic E-state index is -1.40. The number of hydrogen-bond donors (Lipinski definition) is 2. The number of anilines is 1. The molecule has 1 unspecified atom stereocenters. The van der Waals surface area contributed by atoms with E-state index in [1.54, 1.807) is 6.07 Å². The van der Waals surface area contributed by atoms with Gasteiger partial charge in [0.25, 0.3) is 0 Å². The standard InChI is InChI=1S/C12H9ClN2O4/c1-6(16)9(5-14)11(17)15-7-2-3-8(12(18)19)10(13)4-7/h2-4,9H,1H3,(H,15,17)(H,18,19). The molecule has 1 amide bonds. The molecule has 0 radical (unpaired) electrons. The molecule has 0 spiro atoms. The number of aromatic carboxylic acids is 1. The van der Waals surface area contributed by atoms with Gasteiger partial charge in [0.15, 0.2) is 11.7 Å². The first-order valence-electron chi connectivity index (χ1n) is 5.10. The lowest BCUT2D eigenvalue weighted by molar-refractivity contribution is -0.127. The highest BCUT2D eigenvalue weighted by atomic mass is 35.5. The SMILES string of the molecule is CC(=O)C(C#N)C(=O)Nc1ccc(C(=O)O)c(Cl)c1. The molecule has 0 fully saturated rings. The first kappa shape index (κ1) is 14.7. The highest BCUT2D eigenvalue weighted by molar-refractivity contribution is 6.33. The quantitative estimate of drug-likeness (QED) is 0.816. The number of Topliss-reactive ketones (excluding diaryl/α,β-unsaturated/α-hetero) is 1. The first-order chi connectivity index (χ1) is 8.86. The Labute approximate surface area is 113 Å². The molecule has 0 saturated carbocycles. The summed E-state index contributed by atoms with van der Waals surface area (Å²) in [6.45, 7) is 1.13. The summed E-state index contributed by atoms with van der Waals surface area (Å²) in [4.78, 5) is 33.4. The summed E-state index contributed by atoms with van der Waals surface area (Å²) < 4.78 is 0. The number of carbonyl (C=O) groups is 3. The number of nitrogens with one attached hydrogen (secondary N) is 1. The highest BCUT2D eigenvalue weighted by Crippen LogP contribution is 2.21. The van der Waals surface area contributed by atoms with Gasteiger partial charge in [0.2, 0.25) is 5.91 Å². The molecule has 19 heavy (non-hydrogen) atoms. The fourth-order valence-electron chi connectivity index (χ4n) is 1.31. The Morgan fingerprint density at radius 3 is 2.47 bits per heavy atom. The Bertz CT molecular complexity index is 592. The topological polar surface area (TPSA) is 107 Å². The van der Waals surface area contributed by atoms with Crippen LogP contribution >= 0.6 is 11.6 Å². The molecule has 0 saturated heterocycles. The van der Waals surface area contributed by atoms with Crippen LogP contribution in [0.2, 0.25) is 5.02 Å². The largest absolute Gasteiger partial charge is 0.478 e. The lowest BCUT2D eigenvalue weighted by Crippen LogP contribution is -2.26. The first-order valence-corrected chi connectivity index (χ1v) is 5.48. The van der Waals surface area contributed by atoms with Crippen molar-refractivity contribution in [2.24, 2.45) is 5.92 Å². The molecule has 0 bridgehead atoms. The van der Waals surface area contributed by atoms with Crippen molar-refractivity contribution in [2.75, 3.05) is 5.32 Å². The molecule has 98 valence electrons. The number of nitriles is 1. The van der Waals surface area contributed by atoms with Gasteiger partial charge in [-0.15, -0.1) is 0 Å². The van der Waals surface area contributed by atoms with Crippen molar-refractivity contribution in [3.63, 3.8) is 0 Å². The maximum Gasteiger partial charge on any atom is 0.337 e. The van der Waals surface area contributed by atoms with Gasteiger partial charge < -0.3 is 10.4 Å². The van der Waals surface area contributed by atoms with Crippen molar-refractivity contribution in [2.45, 2.75) is 6.92 Å². The molecule has 0 aliphatic heterocycles. The average molecular weight is 281 g/mol. The Hall–Kier alpha value is -2.39. The summed E-state index contributed by atoms with van der Waals surface area (Å²) in [6.07, 6.45) is 0. The van der Waals surface area contributed by atoms with Crippen molar-refractivity contribution in [1.82, 2.24) is 0 Å². The van der Waals surface area contributed by atoms with E-state index in [1.807, 2.05) is 0 Å². The number of halogens is 1. The van der Waals surface area contributed by atoms with E-state index in [0.717, 1.165) is 6.92 Å². The minimum Gasteiger partial charge on any atom is -0.478 e. The Morgan fingerprint density at radius 2 is 2.05 bits per heavy atom. The van der Waals surface area contributed by atoms with E-state index in [4.69, 9.17) is 22.0 Å². The fraction of sp³-hybridized carbons (Fsp3) is 0.167. The van der Waals surface area contributed by atoms with Crippen molar-refractivity contribution >= 4 is 34.9 Å². The zero-order valence-corrected chi connectivity index (χ0v) is 10.6. The van der Waals surface area contributed by atoms with Crippen molar-refractivity contribution < 1.29 is 19.5 Å². The van der Waals surface area contributed by atoms with Gasteiger partial charge in [-0.1, -0.05) is 11.6 Å². The van der Waals surface area contributed by atoms with Gasteiger partial charge >= 0.3 is 5.97 Å². The fourth-order valence-corrected chi connectivity index (χ4v) is 1.58. The number of nitrogens with zero attached hydrogens (tertiary/aromatic N) is 1. The summed E-state index contributed by atoms with van der Waals surface area (Å²) in [7, 11) is 0. The van der Waals surface area contributed by atoms with Crippen LogP contribution in [0.5, 0.6) is 0 Å². The molecular weight excluding hydrogens is 272 g/mol. The number of carboxylic acid groups (broad SMARTS) is 1. The number of benzene rings is 1. The van der Waals surface area contributed by atoms with Gasteiger partial charge in [-0.05, 0) is 25.1 Å². The average Bonchev–Trinajstić information content (AvgIpc) is 2.28. The van der Waals surface area contributed by atoms with Gasteiger partial charge in [-0.3, -0.25) is 9.59 Å². The molecule has 1 rings (SSSR count). The van der Waals surface area contributed by atoms with E-state index < -0.39 is 23.6 Å². The van der Waals surface area contributed by atoms with Crippen LogP contribution in [0.3, 0.4) is 0 Å². The van der Waals surface area contributed by atoms with Gasteiger partial charge in [-0.25, -0.2) is 4.79 Å². The lowest BCUT2D eigenvalue weighted by atomic mass is 10.1. The van der Waals surface area contributed by atoms with Crippen LogP contribution in [0, 0.1) is 17.2 Å². The summed E-state index contributed by atoms with van der Waals surface area (Å²) >= 11 is 5.72. The van der Waals surface area contributed by atoms with Crippen LogP contribution < -0.4 is 5.32 Å². The molecule has 1 aromatic carbocycles. The summed E-state index contributed by atoms with van der Waals surface area (Å²) in [6, 6.07) is 5.35. The van der Waals surface area contributed by atoms with E-state index in [-0.39, 0.29) is 16.3 Å². The summed E-state index contributed by atoms with van der Waals surface area (Å²) in [5.41, 5.74) is 0.101. The molecular formula is C12H9ClN2O4. The highest BCUT2D eigenvalue weighted by Gasteiger charge is 2.23. The molecule has 7 heteroatoms. The molecule has 1 atom stereocenters. The molecule has 0 aliphatic rings. The number of carbonyl (C=O) groups excluding carboxylic acids is 2. The van der Waals surface area contributed by atoms with E-state index in [2.05, 4.69) is 5.32 Å². The molecule has 1 aromatic rings. The van der Waals surface area contributed by atoms with Gasteiger partial charge in [0.05, 0.1) is 16.7 Å². The minimum absolute atomic E-state index is 0.0540. The van der Waals surface area contributed by atoms with E-state index in [0.29, 0.717) is 0 Å². The van der Waals surface area contributed by atoms with E-state index in [9.17, 15) is 14.4 Å². The zero-order chi connectivity index (χ0) is 14.6. The van der Waals surface area contributed by atoms with Crippen LogP contribution in [-0.4, -0.2) is 22.8 Å². The van der Waals surface area contributed by atoms with Crippen molar-refractivity contribution in [3.05, 3.63) is 28.8 Å². The zero-order valence-electron chi connectivity index (χ0n) is 9.81. The molecule has 0 heterocycles. The van der Waals surface area contributed by atoms with Crippen LogP contribution in [0.1, 0.15) is 17.3 Å². The number of rotatable bonds is 4. The van der Waals surface area contributed by atoms with Gasteiger partial charge in [-0.2, -0.15) is 5.26 Å². The Morgan fingerprint density at radius 1 is 1.42 bits per heavy atom. The molecule has 0 aliphatic carbocycles. The van der Waals surface area contributed by atoms with Crippen molar-refractivity contribution in [3.8, 4) is 6.07 Å². The second kappa shape index (κ2) is 5.98.